The largest absolute Gasteiger partial charge is 0.497 e. The van der Waals surface area contributed by atoms with Gasteiger partial charge in [-0.05, 0) is 53.9 Å². The van der Waals surface area contributed by atoms with Gasteiger partial charge in [-0.3, -0.25) is 9.47 Å². The molecule has 10 heteroatoms. The molecule has 1 fully saturated rings. The first-order valence-electron chi connectivity index (χ1n) is 14.3. The summed E-state index contributed by atoms with van der Waals surface area (Å²) in [5.74, 6) is 3.97. The highest BCUT2D eigenvalue weighted by molar-refractivity contribution is 5.85. The van der Waals surface area contributed by atoms with Crippen LogP contribution in [0.1, 0.15) is 11.1 Å². The van der Waals surface area contributed by atoms with E-state index in [0.717, 1.165) is 91.6 Å². The van der Waals surface area contributed by atoms with Crippen molar-refractivity contribution in [2.75, 3.05) is 56.8 Å². The van der Waals surface area contributed by atoms with Crippen molar-refractivity contribution in [1.82, 2.24) is 24.4 Å². The highest BCUT2D eigenvalue weighted by Crippen LogP contribution is 2.33. The molecule has 0 radical (unpaired) electrons. The maximum atomic E-state index is 5.56. The zero-order valence-electron chi connectivity index (χ0n) is 23.6. The number of rotatable bonds is 9. The van der Waals surface area contributed by atoms with Crippen molar-refractivity contribution in [3.63, 3.8) is 0 Å². The van der Waals surface area contributed by atoms with Crippen LogP contribution >= 0.6 is 0 Å². The van der Waals surface area contributed by atoms with Gasteiger partial charge in [0.05, 0.1) is 7.11 Å². The quantitative estimate of drug-likeness (QED) is 0.278. The van der Waals surface area contributed by atoms with Crippen LogP contribution in [-0.4, -0.2) is 71.0 Å². The van der Waals surface area contributed by atoms with Gasteiger partial charge in [-0.1, -0.05) is 36.4 Å². The van der Waals surface area contributed by atoms with E-state index in [4.69, 9.17) is 29.2 Å². The summed E-state index contributed by atoms with van der Waals surface area (Å²) in [6, 6.07) is 24.5. The SMILES string of the molecule is COc1ccc(CCNc2nc(N3CCN(Cc4ccc5c(c4)OCO5)CC3)nc3c2ncn3-c2ccccc2)cc1. The molecular formula is C32H33N7O3. The van der Waals surface area contributed by atoms with Crippen LogP contribution < -0.4 is 24.4 Å². The minimum atomic E-state index is 0.295. The first-order chi connectivity index (χ1) is 20.7. The van der Waals surface area contributed by atoms with E-state index >= 15 is 0 Å². The van der Waals surface area contributed by atoms with Crippen LogP contribution in [0, 0.1) is 0 Å². The number of methoxy groups -OCH3 is 1. The molecule has 5 aromatic rings. The summed E-state index contributed by atoms with van der Waals surface area (Å²) in [4.78, 5) is 19.5. The van der Waals surface area contributed by atoms with E-state index in [9.17, 15) is 0 Å². The molecule has 0 spiro atoms. The van der Waals surface area contributed by atoms with Crippen LogP contribution in [0.5, 0.6) is 17.2 Å². The number of aromatic nitrogens is 4. The Bertz CT molecular complexity index is 1670. The van der Waals surface area contributed by atoms with Gasteiger partial charge in [0.1, 0.15) is 12.1 Å². The minimum absolute atomic E-state index is 0.295. The standard InChI is InChI=1S/C32H33N7O3/c1-40-26-10-7-23(8-11-26)13-14-33-30-29-31(39(21-34-29)25-5-3-2-4-6-25)36-32(35-30)38-17-15-37(16-18-38)20-24-9-12-27-28(19-24)42-22-41-27/h2-12,19,21H,13-18,20,22H2,1H3,(H,33,35,36). The maximum Gasteiger partial charge on any atom is 0.231 e. The number of hydrogen-bond donors (Lipinski definition) is 1. The summed E-state index contributed by atoms with van der Waals surface area (Å²) < 4.78 is 18.3. The summed E-state index contributed by atoms with van der Waals surface area (Å²) in [6.07, 6.45) is 2.68. The Hall–Kier alpha value is -4.83. The van der Waals surface area contributed by atoms with E-state index in [1.165, 1.54) is 11.1 Å². The van der Waals surface area contributed by atoms with Crippen LogP contribution in [0.15, 0.2) is 79.1 Å². The summed E-state index contributed by atoms with van der Waals surface area (Å²) >= 11 is 0. The molecule has 10 nitrogen and oxygen atoms in total. The molecule has 2 aliphatic heterocycles. The van der Waals surface area contributed by atoms with E-state index in [0.29, 0.717) is 6.79 Å². The second-order valence-electron chi connectivity index (χ2n) is 10.5. The van der Waals surface area contributed by atoms with Gasteiger partial charge in [0.15, 0.2) is 28.5 Å². The Kier molecular flexibility index (Phi) is 7.19. The molecule has 0 amide bonds. The van der Waals surface area contributed by atoms with Crippen molar-refractivity contribution in [1.29, 1.82) is 0 Å². The highest BCUT2D eigenvalue weighted by Gasteiger charge is 2.23. The first kappa shape index (κ1) is 26.1. The number of para-hydroxylation sites is 1. The lowest BCUT2D eigenvalue weighted by molar-refractivity contribution is 0.174. The summed E-state index contributed by atoms with van der Waals surface area (Å²) in [6.45, 7) is 5.37. The lowest BCUT2D eigenvalue weighted by Crippen LogP contribution is -2.46. The lowest BCUT2D eigenvalue weighted by atomic mass is 10.1. The van der Waals surface area contributed by atoms with Crippen molar-refractivity contribution in [3.05, 3.63) is 90.3 Å². The second kappa shape index (κ2) is 11.6. The molecule has 3 aromatic carbocycles. The Morgan fingerprint density at radius 2 is 1.64 bits per heavy atom. The van der Waals surface area contributed by atoms with Crippen LogP contribution in [0.3, 0.4) is 0 Å². The molecule has 4 heterocycles. The molecule has 0 bridgehead atoms. The van der Waals surface area contributed by atoms with Crippen molar-refractivity contribution in [2.24, 2.45) is 0 Å². The molecule has 2 aromatic heterocycles. The number of piperazine rings is 1. The van der Waals surface area contributed by atoms with E-state index < -0.39 is 0 Å². The van der Waals surface area contributed by atoms with Gasteiger partial charge < -0.3 is 24.4 Å². The fraction of sp³-hybridized carbons (Fsp3) is 0.281. The zero-order chi connectivity index (χ0) is 28.3. The molecule has 42 heavy (non-hydrogen) atoms. The third-order valence-electron chi connectivity index (χ3n) is 7.78. The fourth-order valence-corrected chi connectivity index (χ4v) is 5.45. The first-order valence-corrected chi connectivity index (χ1v) is 14.3. The number of hydrogen-bond acceptors (Lipinski definition) is 9. The number of fused-ring (bicyclic) bond motifs is 2. The zero-order valence-corrected chi connectivity index (χ0v) is 23.6. The van der Waals surface area contributed by atoms with Crippen LogP contribution in [-0.2, 0) is 13.0 Å². The minimum Gasteiger partial charge on any atom is -0.497 e. The number of ether oxygens (including phenoxy) is 3. The third kappa shape index (κ3) is 5.40. The topological polar surface area (TPSA) is 89.8 Å². The number of nitrogens with zero attached hydrogens (tertiary/aromatic N) is 6. The molecule has 214 valence electrons. The summed E-state index contributed by atoms with van der Waals surface area (Å²) in [5, 5.41) is 3.55. The highest BCUT2D eigenvalue weighted by atomic mass is 16.7. The molecule has 1 N–H and O–H groups in total. The molecule has 0 unspecified atom stereocenters. The Morgan fingerprint density at radius 1 is 0.857 bits per heavy atom. The molecule has 0 aliphatic carbocycles. The van der Waals surface area contributed by atoms with Gasteiger partial charge >= 0.3 is 0 Å². The average Bonchev–Trinajstić information content (AvgIpc) is 3.69. The molecule has 0 atom stereocenters. The Morgan fingerprint density at radius 3 is 2.45 bits per heavy atom. The Labute approximate surface area is 244 Å². The van der Waals surface area contributed by atoms with Gasteiger partial charge in [0.2, 0.25) is 12.7 Å². The number of nitrogens with one attached hydrogen (secondary N) is 1. The van der Waals surface area contributed by atoms with Gasteiger partial charge in [-0.15, -0.1) is 0 Å². The predicted octanol–water partition coefficient (Wildman–Crippen LogP) is 4.53. The fourth-order valence-electron chi connectivity index (χ4n) is 5.45. The van der Waals surface area contributed by atoms with Crippen molar-refractivity contribution < 1.29 is 14.2 Å². The van der Waals surface area contributed by atoms with Gasteiger partial charge in [0, 0.05) is 45.0 Å². The monoisotopic (exact) mass is 563 g/mol. The molecule has 7 rings (SSSR count). The summed E-state index contributed by atoms with van der Waals surface area (Å²) in [7, 11) is 1.68. The number of benzene rings is 3. The number of anilines is 2. The Balaban J connectivity index is 1.10. The van der Waals surface area contributed by atoms with Crippen molar-refractivity contribution in [2.45, 2.75) is 13.0 Å². The third-order valence-corrected chi connectivity index (χ3v) is 7.78. The van der Waals surface area contributed by atoms with E-state index in [1.54, 1.807) is 7.11 Å². The molecule has 0 saturated carbocycles. The van der Waals surface area contributed by atoms with Crippen molar-refractivity contribution >= 4 is 22.9 Å². The van der Waals surface area contributed by atoms with Gasteiger partial charge in [0.25, 0.3) is 0 Å². The molecule has 2 aliphatic rings. The van der Waals surface area contributed by atoms with Crippen LogP contribution in [0.25, 0.3) is 16.9 Å². The summed E-state index contributed by atoms with van der Waals surface area (Å²) in [5.41, 5.74) is 5.02. The van der Waals surface area contributed by atoms with E-state index in [2.05, 4.69) is 51.5 Å². The molecular weight excluding hydrogens is 530 g/mol. The van der Waals surface area contributed by atoms with E-state index in [1.807, 2.05) is 47.3 Å². The average molecular weight is 564 g/mol. The maximum absolute atomic E-state index is 5.56. The van der Waals surface area contributed by atoms with Crippen molar-refractivity contribution in [3.8, 4) is 22.9 Å². The number of imidazole rings is 1. The van der Waals surface area contributed by atoms with E-state index in [-0.39, 0.29) is 0 Å². The van der Waals surface area contributed by atoms with Crippen LogP contribution in [0.4, 0.5) is 11.8 Å². The normalized spacial score (nSPS) is 14.8. The second-order valence-corrected chi connectivity index (χ2v) is 10.5. The smallest absolute Gasteiger partial charge is 0.231 e. The van der Waals surface area contributed by atoms with Gasteiger partial charge in [-0.2, -0.15) is 9.97 Å². The molecule has 1 saturated heterocycles. The lowest BCUT2D eigenvalue weighted by Gasteiger charge is -2.34. The van der Waals surface area contributed by atoms with Gasteiger partial charge in [-0.25, -0.2) is 4.98 Å². The van der Waals surface area contributed by atoms with Crippen LogP contribution in [0.2, 0.25) is 0 Å². The predicted molar refractivity (Wildman–Crippen MR) is 162 cm³/mol.